The topological polar surface area (TPSA) is 82.1 Å². The Morgan fingerprint density at radius 2 is 1.58 bits per heavy atom. The highest BCUT2D eigenvalue weighted by molar-refractivity contribution is 5.86. The molecule has 0 aromatic carbocycles. The van der Waals surface area contributed by atoms with Gasteiger partial charge in [-0.15, -0.1) is 0 Å². The molecule has 2 aliphatic heterocycles. The zero-order valence-electron chi connectivity index (χ0n) is 25.2. The van der Waals surface area contributed by atoms with Gasteiger partial charge in [0.1, 0.15) is 11.2 Å². The molecule has 8 atom stereocenters. The predicted octanol–water partition coefficient (Wildman–Crippen LogP) is 6.32. The SMILES string of the molecule is C=C1CCC2OC(C)(C)C(O)CCC2(C)C1CCC1C(C)(OC(C)=O)CCC2OC(C)(C)C(=O)CCC21C. The molecule has 2 heterocycles. The molecule has 0 aromatic rings. The summed E-state index contributed by atoms with van der Waals surface area (Å²) in [6.07, 6.45) is 7.43. The molecule has 0 radical (unpaired) electrons. The zero-order valence-corrected chi connectivity index (χ0v) is 25.2. The van der Waals surface area contributed by atoms with Crippen molar-refractivity contribution in [2.75, 3.05) is 0 Å². The van der Waals surface area contributed by atoms with Crippen molar-refractivity contribution in [2.45, 2.75) is 155 Å². The minimum atomic E-state index is -0.800. The maximum Gasteiger partial charge on any atom is 0.303 e. The second-order valence-corrected chi connectivity index (χ2v) is 14.6. The van der Waals surface area contributed by atoms with Crippen LogP contribution in [-0.4, -0.2) is 52.0 Å². The molecule has 8 unspecified atom stereocenters. The summed E-state index contributed by atoms with van der Waals surface area (Å²) in [4.78, 5) is 25.3. The van der Waals surface area contributed by atoms with Gasteiger partial charge in [0.25, 0.3) is 0 Å². The van der Waals surface area contributed by atoms with Crippen molar-refractivity contribution in [3.63, 3.8) is 0 Å². The molecule has 4 aliphatic rings. The Labute approximate surface area is 230 Å². The van der Waals surface area contributed by atoms with Gasteiger partial charge in [-0.3, -0.25) is 9.59 Å². The van der Waals surface area contributed by atoms with E-state index in [1.54, 1.807) is 0 Å². The van der Waals surface area contributed by atoms with E-state index in [2.05, 4.69) is 27.4 Å². The molecule has 2 aliphatic carbocycles. The summed E-state index contributed by atoms with van der Waals surface area (Å²) in [7, 11) is 0. The Morgan fingerprint density at radius 1 is 0.921 bits per heavy atom. The molecule has 4 fully saturated rings. The van der Waals surface area contributed by atoms with Crippen LogP contribution in [0.15, 0.2) is 12.2 Å². The number of hydrogen-bond acceptors (Lipinski definition) is 6. The summed E-state index contributed by atoms with van der Waals surface area (Å²) in [6.45, 7) is 20.5. The van der Waals surface area contributed by atoms with Crippen molar-refractivity contribution in [1.29, 1.82) is 0 Å². The molecule has 2 saturated carbocycles. The van der Waals surface area contributed by atoms with Crippen molar-refractivity contribution in [1.82, 2.24) is 0 Å². The molecule has 0 amide bonds. The molecule has 6 nitrogen and oxygen atoms in total. The number of carbonyl (C=O) groups excluding carboxylic acids is 2. The van der Waals surface area contributed by atoms with E-state index >= 15 is 0 Å². The second-order valence-electron chi connectivity index (χ2n) is 14.6. The largest absolute Gasteiger partial charge is 0.459 e. The number of rotatable bonds is 4. The number of fused-ring (bicyclic) bond motifs is 2. The maximum atomic E-state index is 13.0. The third kappa shape index (κ3) is 5.14. The third-order valence-electron chi connectivity index (χ3n) is 11.2. The van der Waals surface area contributed by atoms with Gasteiger partial charge < -0.3 is 19.3 Å². The lowest BCUT2D eigenvalue weighted by Crippen LogP contribution is -2.58. The number of ketones is 1. The summed E-state index contributed by atoms with van der Waals surface area (Å²) in [6, 6.07) is 0. The first-order valence-electron chi connectivity index (χ1n) is 14.9. The maximum absolute atomic E-state index is 13.0. The summed E-state index contributed by atoms with van der Waals surface area (Å²) in [5.74, 6) is 0.185. The fraction of sp³-hybridized carbons (Fsp3) is 0.875. The normalized spacial score (nSPS) is 44.8. The number of esters is 1. The molecule has 0 bridgehead atoms. The molecule has 216 valence electrons. The van der Waals surface area contributed by atoms with Crippen molar-refractivity contribution >= 4 is 11.8 Å². The first-order valence-corrected chi connectivity index (χ1v) is 14.9. The lowest BCUT2D eigenvalue weighted by Gasteiger charge is -2.56. The van der Waals surface area contributed by atoms with Crippen LogP contribution in [0.1, 0.15) is 120 Å². The molecule has 2 saturated heterocycles. The number of allylic oxidation sites excluding steroid dienone is 1. The van der Waals surface area contributed by atoms with E-state index in [-0.39, 0.29) is 46.6 Å². The van der Waals surface area contributed by atoms with E-state index in [0.717, 1.165) is 51.4 Å². The standard InChI is InChI=1S/C32H52O6/c1-20-10-13-26-30(7,17-14-24(34)28(3,4)37-26)22(20)11-12-23-31(8)18-15-25(35)29(5,6)38-27(31)16-19-32(23,9)36-21(2)33/h22-24,26-27,34H,1,10-19H2,2-9H3. The minimum absolute atomic E-state index is 0.0462. The van der Waals surface area contributed by atoms with Gasteiger partial charge in [0, 0.05) is 30.1 Å². The fourth-order valence-corrected chi connectivity index (χ4v) is 8.71. The van der Waals surface area contributed by atoms with Crippen LogP contribution in [0.3, 0.4) is 0 Å². The number of hydrogen-bond donors (Lipinski definition) is 1. The molecule has 6 heteroatoms. The van der Waals surface area contributed by atoms with Gasteiger partial charge >= 0.3 is 5.97 Å². The predicted molar refractivity (Wildman–Crippen MR) is 148 cm³/mol. The van der Waals surface area contributed by atoms with Crippen LogP contribution < -0.4 is 0 Å². The van der Waals surface area contributed by atoms with E-state index in [9.17, 15) is 14.7 Å². The molecule has 4 rings (SSSR count). The summed E-state index contributed by atoms with van der Waals surface area (Å²) >= 11 is 0. The highest BCUT2D eigenvalue weighted by Crippen LogP contribution is 2.58. The van der Waals surface area contributed by atoms with Crippen LogP contribution in [0.4, 0.5) is 0 Å². The van der Waals surface area contributed by atoms with Gasteiger partial charge in [-0.25, -0.2) is 0 Å². The first-order chi connectivity index (χ1) is 17.4. The van der Waals surface area contributed by atoms with Gasteiger partial charge in [0.05, 0.1) is 23.9 Å². The van der Waals surface area contributed by atoms with E-state index in [1.165, 1.54) is 12.5 Å². The van der Waals surface area contributed by atoms with E-state index in [4.69, 9.17) is 14.2 Å². The Morgan fingerprint density at radius 3 is 2.24 bits per heavy atom. The Balaban J connectivity index is 1.66. The van der Waals surface area contributed by atoms with Crippen molar-refractivity contribution < 1.29 is 28.9 Å². The molecule has 0 spiro atoms. The summed E-state index contributed by atoms with van der Waals surface area (Å²) in [5, 5.41) is 10.8. The van der Waals surface area contributed by atoms with Crippen LogP contribution in [0.5, 0.6) is 0 Å². The van der Waals surface area contributed by atoms with Gasteiger partial charge in [0.15, 0.2) is 5.78 Å². The van der Waals surface area contributed by atoms with Crippen molar-refractivity contribution in [3.05, 3.63) is 12.2 Å². The van der Waals surface area contributed by atoms with E-state index in [0.29, 0.717) is 12.8 Å². The number of carbonyl (C=O) groups is 2. The third-order valence-corrected chi connectivity index (χ3v) is 11.2. The smallest absolute Gasteiger partial charge is 0.303 e. The lowest BCUT2D eigenvalue weighted by molar-refractivity contribution is -0.212. The molecule has 38 heavy (non-hydrogen) atoms. The van der Waals surface area contributed by atoms with Gasteiger partial charge in [-0.2, -0.15) is 0 Å². The van der Waals surface area contributed by atoms with Crippen LogP contribution in [0, 0.1) is 22.7 Å². The van der Waals surface area contributed by atoms with E-state index < -0.39 is 22.9 Å². The fourth-order valence-electron chi connectivity index (χ4n) is 8.71. The minimum Gasteiger partial charge on any atom is -0.459 e. The van der Waals surface area contributed by atoms with Crippen molar-refractivity contribution in [2.24, 2.45) is 22.7 Å². The first kappa shape index (κ1) is 29.7. The second kappa shape index (κ2) is 9.99. The monoisotopic (exact) mass is 532 g/mol. The number of Topliss-reactive ketones (excluding diaryl/α,β-unsaturated/α-hetero) is 1. The van der Waals surface area contributed by atoms with Gasteiger partial charge in [0.2, 0.25) is 0 Å². The van der Waals surface area contributed by atoms with E-state index in [1.807, 2.05) is 27.7 Å². The Kier molecular flexibility index (Phi) is 7.82. The van der Waals surface area contributed by atoms with Crippen LogP contribution in [0.2, 0.25) is 0 Å². The summed E-state index contributed by atoms with van der Waals surface area (Å²) in [5.41, 5.74) is -1.13. The molecular weight excluding hydrogens is 480 g/mol. The molecular formula is C32H52O6. The van der Waals surface area contributed by atoms with Gasteiger partial charge in [-0.05, 0) is 98.3 Å². The van der Waals surface area contributed by atoms with Crippen LogP contribution in [0.25, 0.3) is 0 Å². The van der Waals surface area contributed by atoms with Gasteiger partial charge in [-0.1, -0.05) is 26.0 Å². The summed E-state index contributed by atoms with van der Waals surface area (Å²) < 4.78 is 19.3. The Bertz CT molecular complexity index is 954. The van der Waals surface area contributed by atoms with Crippen LogP contribution >= 0.6 is 0 Å². The number of aliphatic hydroxyl groups is 1. The average Bonchev–Trinajstić information content (AvgIpc) is 2.95. The van der Waals surface area contributed by atoms with Crippen LogP contribution in [-0.2, 0) is 23.8 Å². The lowest BCUT2D eigenvalue weighted by atomic mass is 9.54. The van der Waals surface area contributed by atoms with Crippen molar-refractivity contribution in [3.8, 4) is 0 Å². The highest BCUT2D eigenvalue weighted by atomic mass is 16.6. The quantitative estimate of drug-likeness (QED) is 0.337. The average molecular weight is 533 g/mol. The zero-order chi connectivity index (χ0) is 28.3. The number of aliphatic hydroxyl groups excluding tert-OH is 1. The Hall–Kier alpha value is -1.24. The molecule has 0 aromatic heterocycles. The number of ether oxygens (including phenoxy) is 3. The highest BCUT2D eigenvalue weighted by Gasteiger charge is 2.59. The molecule has 1 N–H and O–H groups in total.